The average Bonchev–Trinajstić information content (AvgIpc) is 3.22. The molecule has 0 saturated carbocycles. The maximum Gasteiger partial charge on any atom is 0.330 e. The van der Waals surface area contributed by atoms with Crippen LogP contribution in [0.15, 0.2) is 41.1 Å². The second-order valence-electron chi connectivity index (χ2n) is 8.97. The topological polar surface area (TPSA) is 55.6 Å². The minimum absolute atomic E-state index is 0.0111. The van der Waals surface area contributed by atoms with Gasteiger partial charge < -0.3 is 9.26 Å². The predicted molar refractivity (Wildman–Crippen MR) is 118 cm³/mol. The molecule has 8 heteroatoms. The third-order valence-corrected chi connectivity index (χ3v) is 5.92. The summed E-state index contributed by atoms with van der Waals surface area (Å²) in [5.74, 6) is -2.20. The lowest BCUT2D eigenvalue weighted by atomic mass is 9.82. The Morgan fingerprint density at radius 1 is 1.30 bits per heavy atom. The molecule has 1 aliphatic heterocycles. The molecule has 0 spiro atoms. The molecule has 0 fully saturated rings. The van der Waals surface area contributed by atoms with E-state index in [1.54, 1.807) is 23.2 Å². The molecule has 174 valence electrons. The summed E-state index contributed by atoms with van der Waals surface area (Å²) in [5, 5.41) is 4.64. The smallest absolute Gasteiger partial charge is 0.330 e. The average molecular weight is 458 g/mol. The number of methoxy groups -OCH3 is 1. The lowest BCUT2D eigenvalue weighted by Crippen LogP contribution is -2.48. The molecule has 2 aromatic carbocycles. The first-order valence-corrected chi connectivity index (χ1v) is 10.6. The molecule has 2 heterocycles. The molecule has 0 aliphatic carbocycles. The minimum Gasteiger partial charge on any atom is -0.466 e. The van der Waals surface area contributed by atoms with Crippen LogP contribution in [0.2, 0.25) is 0 Å². The van der Waals surface area contributed by atoms with Crippen LogP contribution in [0.4, 0.5) is 13.2 Å². The van der Waals surface area contributed by atoms with Crippen molar-refractivity contribution in [1.29, 1.82) is 0 Å². The summed E-state index contributed by atoms with van der Waals surface area (Å²) in [6.45, 7) is 4.80. The van der Waals surface area contributed by atoms with E-state index in [1.165, 1.54) is 27.0 Å². The van der Waals surface area contributed by atoms with E-state index in [9.17, 15) is 9.18 Å². The van der Waals surface area contributed by atoms with Gasteiger partial charge in [-0.2, -0.15) is 0 Å². The van der Waals surface area contributed by atoms with Crippen LogP contribution in [0.1, 0.15) is 49.1 Å². The van der Waals surface area contributed by atoms with E-state index in [0.29, 0.717) is 17.6 Å². The molecule has 1 aromatic heterocycles. The van der Waals surface area contributed by atoms with E-state index < -0.39 is 29.3 Å². The predicted octanol–water partition coefficient (Wildman–Crippen LogP) is 5.38. The van der Waals surface area contributed by atoms with E-state index >= 15 is 8.78 Å². The van der Waals surface area contributed by atoms with Crippen molar-refractivity contribution < 1.29 is 27.2 Å². The Bertz CT molecular complexity index is 1210. The van der Waals surface area contributed by atoms with Crippen molar-refractivity contribution in [2.75, 3.05) is 13.7 Å². The van der Waals surface area contributed by atoms with Crippen LogP contribution in [-0.4, -0.2) is 41.4 Å². The molecule has 33 heavy (non-hydrogen) atoms. The molecular formula is C25H25F3N2O3. The van der Waals surface area contributed by atoms with Crippen LogP contribution in [0.5, 0.6) is 0 Å². The molecule has 1 aliphatic rings. The minimum atomic E-state index is -1.58. The van der Waals surface area contributed by atoms with Gasteiger partial charge >= 0.3 is 5.97 Å². The first kappa shape index (κ1) is 23.0. The molecular weight excluding hydrogens is 433 g/mol. The number of hydrogen-bond donors (Lipinski definition) is 0. The van der Waals surface area contributed by atoms with Crippen molar-refractivity contribution in [3.05, 3.63) is 70.4 Å². The van der Waals surface area contributed by atoms with Gasteiger partial charge in [-0.25, -0.2) is 18.0 Å². The van der Waals surface area contributed by atoms with Crippen LogP contribution in [0.3, 0.4) is 0 Å². The van der Waals surface area contributed by atoms with Gasteiger partial charge in [0.15, 0.2) is 5.58 Å². The van der Waals surface area contributed by atoms with Gasteiger partial charge in [0.2, 0.25) is 0 Å². The van der Waals surface area contributed by atoms with Crippen molar-refractivity contribution in [2.24, 2.45) is 0 Å². The van der Waals surface area contributed by atoms with E-state index in [1.807, 2.05) is 6.92 Å². The first-order chi connectivity index (χ1) is 15.6. The summed E-state index contributed by atoms with van der Waals surface area (Å²) in [7, 11) is 1.21. The molecule has 0 unspecified atom stereocenters. The Hall–Kier alpha value is -3.13. The van der Waals surface area contributed by atoms with Gasteiger partial charge in [-0.1, -0.05) is 11.2 Å². The summed E-state index contributed by atoms with van der Waals surface area (Å²) in [6, 6.07) is 4.75. The normalized spacial score (nSPS) is 19.2. The number of carbonyl (C=O) groups is 1. The third-order valence-electron chi connectivity index (χ3n) is 5.92. The number of hydrogen-bond acceptors (Lipinski definition) is 5. The van der Waals surface area contributed by atoms with Crippen molar-refractivity contribution in [3.8, 4) is 0 Å². The van der Waals surface area contributed by atoms with Gasteiger partial charge in [-0.05, 0) is 68.2 Å². The molecule has 3 aromatic rings. The number of fused-ring (bicyclic) bond motifs is 3. The number of rotatable bonds is 5. The highest BCUT2D eigenvalue weighted by Gasteiger charge is 2.40. The zero-order valence-electron chi connectivity index (χ0n) is 18.9. The zero-order chi connectivity index (χ0) is 23.9. The van der Waals surface area contributed by atoms with Gasteiger partial charge in [0, 0.05) is 29.6 Å². The lowest BCUT2D eigenvalue weighted by Gasteiger charge is -2.44. The van der Waals surface area contributed by atoms with Crippen molar-refractivity contribution in [1.82, 2.24) is 10.1 Å². The van der Waals surface area contributed by atoms with Crippen molar-refractivity contribution >= 4 is 23.0 Å². The maximum absolute atomic E-state index is 15.4. The summed E-state index contributed by atoms with van der Waals surface area (Å²) in [4.78, 5) is 13.2. The number of alkyl halides is 1. The van der Waals surface area contributed by atoms with Gasteiger partial charge in [0.1, 0.15) is 17.3 Å². The molecule has 0 saturated heterocycles. The molecule has 2 atom stereocenters. The fourth-order valence-electron chi connectivity index (χ4n) is 4.54. The Kier molecular flexibility index (Phi) is 6.05. The molecule has 5 nitrogen and oxygen atoms in total. The molecule has 0 N–H and O–H groups in total. The van der Waals surface area contributed by atoms with Gasteiger partial charge in [0.25, 0.3) is 0 Å². The summed E-state index contributed by atoms with van der Waals surface area (Å²) in [5.41, 5.74) is 0.578. The Morgan fingerprint density at radius 3 is 2.64 bits per heavy atom. The third kappa shape index (κ3) is 4.53. The molecule has 0 radical (unpaired) electrons. The standard InChI is InChI=1S/C25H25F3N2O3/c1-14-9-17-16(6-7-21-18(17)12-29-33-21)24(30(14)13-25(2,3)28)23-19(26)10-15(11-20(23)27)5-8-22(31)32-4/h5-8,10-12,14,24H,9,13H2,1-4H3/b8-5+/t14-,24+/m1/s1. The quantitative estimate of drug-likeness (QED) is 0.380. The number of esters is 1. The SMILES string of the molecule is COC(=O)/C=C/c1cc(F)c([C@@H]2c3ccc4oncc4c3C[C@@H](C)N2CC(C)(C)F)c(F)c1. The van der Waals surface area contributed by atoms with E-state index in [2.05, 4.69) is 9.89 Å². The molecule has 4 rings (SSSR count). The Morgan fingerprint density at radius 2 is 2.00 bits per heavy atom. The van der Waals surface area contributed by atoms with Crippen molar-refractivity contribution in [2.45, 2.75) is 44.9 Å². The van der Waals surface area contributed by atoms with Gasteiger partial charge in [0.05, 0.1) is 19.3 Å². The number of ether oxygens (including phenoxy) is 1. The largest absolute Gasteiger partial charge is 0.466 e. The first-order valence-electron chi connectivity index (χ1n) is 10.6. The fraction of sp³-hybridized carbons (Fsp3) is 0.360. The molecule has 0 amide bonds. The monoisotopic (exact) mass is 458 g/mol. The highest BCUT2D eigenvalue weighted by atomic mass is 19.1. The summed E-state index contributed by atoms with van der Waals surface area (Å²) < 4.78 is 55.5. The summed E-state index contributed by atoms with van der Waals surface area (Å²) >= 11 is 0. The molecule has 0 bridgehead atoms. The second kappa shape index (κ2) is 8.67. The maximum atomic E-state index is 15.4. The van der Waals surface area contributed by atoms with Gasteiger partial charge in [-0.3, -0.25) is 4.90 Å². The Balaban J connectivity index is 1.88. The number of halogens is 3. The van der Waals surface area contributed by atoms with E-state index in [0.717, 1.165) is 29.2 Å². The highest BCUT2D eigenvalue weighted by Crippen LogP contribution is 2.43. The lowest BCUT2D eigenvalue weighted by molar-refractivity contribution is -0.134. The second-order valence-corrected chi connectivity index (χ2v) is 8.97. The zero-order valence-corrected chi connectivity index (χ0v) is 18.9. The van der Waals surface area contributed by atoms with Crippen LogP contribution in [0.25, 0.3) is 17.0 Å². The van der Waals surface area contributed by atoms with Crippen molar-refractivity contribution in [3.63, 3.8) is 0 Å². The summed E-state index contributed by atoms with van der Waals surface area (Å²) in [6.07, 6.45) is 4.53. The van der Waals surface area contributed by atoms with Gasteiger partial charge in [-0.15, -0.1) is 0 Å². The highest BCUT2D eigenvalue weighted by molar-refractivity contribution is 5.87. The van der Waals surface area contributed by atoms with Crippen LogP contribution < -0.4 is 0 Å². The number of nitrogens with zero attached hydrogens (tertiary/aromatic N) is 2. The fourth-order valence-corrected chi connectivity index (χ4v) is 4.54. The van der Waals surface area contributed by atoms with E-state index in [-0.39, 0.29) is 23.7 Å². The number of benzene rings is 2. The van der Waals surface area contributed by atoms with Crippen LogP contribution >= 0.6 is 0 Å². The number of carbonyl (C=O) groups excluding carboxylic acids is 1. The van der Waals surface area contributed by atoms with E-state index in [4.69, 9.17) is 4.52 Å². The van der Waals surface area contributed by atoms with Crippen LogP contribution in [0, 0.1) is 11.6 Å². The Labute approximate surface area is 189 Å². The number of aromatic nitrogens is 1. The van der Waals surface area contributed by atoms with Crippen LogP contribution in [-0.2, 0) is 16.0 Å².